The van der Waals surface area contributed by atoms with Crippen LogP contribution in [0.2, 0.25) is 0 Å². The molecule has 2 aromatic carbocycles. The van der Waals surface area contributed by atoms with Crippen LogP contribution in [0.25, 0.3) is 0 Å². The van der Waals surface area contributed by atoms with Gasteiger partial charge in [0.15, 0.2) is 0 Å². The molecule has 1 heterocycles. The number of hydrogen-bond donors (Lipinski definition) is 2. The van der Waals surface area contributed by atoms with Crippen LogP contribution in [0.3, 0.4) is 0 Å². The maximum absolute atomic E-state index is 12.1. The summed E-state index contributed by atoms with van der Waals surface area (Å²) in [5.41, 5.74) is 8.54. The SMILES string of the molecule is COc1cccc(N2CCC(CNC(=O)Cc3ccc(N)cc3)C2)c1.Cl.Cl. The van der Waals surface area contributed by atoms with Gasteiger partial charge in [0, 0.05) is 37.1 Å². The summed E-state index contributed by atoms with van der Waals surface area (Å²) in [6.45, 7) is 2.68. The van der Waals surface area contributed by atoms with Crippen molar-refractivity contribution in [2.75, 3.05) is 37.4 Å². The number of rotatable bonds is 6. The van der Waals surface area contributed by atoms with Crippen molar-refractivity contribution in [3.63, 3.8) is 0 Å². The lowest BCUT2D eigenvalue weighted by Gasteiger charge is -2.19. The van der Waals surface area contributed by atoms with Crippen LogP contribution < -0.4 is 20.7 Å². The lowest BCUT2D eigenvalue weighted by molar-refractivity contribution is -0.120. The van der Waals surface area contributed by atoms with E-state index in [1.165, 1.54) is 5.69 Å². The fraction of sp³-hybridized carbons (Fsp3) is 0.350. The summed E-state index contributed by atoms with van der Waals surface area (Å²) in [5, 5.41) is 3.06. The van der Waals surface area contributed by atoms with Crippen molar-refractivity contribution in [2.24, 2.45) is 5.92 Å². The number of nitrogen functional groups attached to an aromatic ring is 1. The van der Waals surface area contributed by atoms with Crippen molar-refractivity contribution in [1.82, 2.24) is 5.32 Å². The van der Waals surface area contributed by atoms with Crippen LogP contribution in [0, 0.1) is 5.92 Å². The van der Waals surface area contributed by atoms with Crippen molar-refractivity contribution in [2.45, 2.75) is 12.8 Å². The number of ether oxygens (including phenoxy) is 1. The predicted octanol–water partition coefficient (Wildman–Crippen LogP) is 3.31. The van der Waals surface area contributed by atoms with E-state index in [1.54, 1.807) is 7.11 Å². The first kappa shape index (κ1) is 22.9. The Labute approximate surface area is 173 Å². The number of methoxy groups -OCH3 is 1. The summed E-state index contributed by atoms with van der Waals surface area (Å²) in [6.07, 6.45) is 1.48. The zero-order chi connectivity index (χ0) is 17.6. The zero-order valence-electron chi connectivity index (χ0n) is 15.4. The van der Waals surface area contributed by atoms with Gasteiger partial charge in [0.05, 0.1) is 13.5 Å². The monoisotopic (exact) mass is 411 g/mol. The number of hydrogen-bond acceptors (Lipinski definition) is 4. The fourth-order valence-electron chi connectivity index (χ4n) is 3.18. The molecule has 148 valence electrons. The van der Waals surface area contributed by atoms with Crippen LogP contribution >= 0.6 is 24.8 Å². The van der Waals surface area contributed by atoms with Gasteiger partial charge in [-0.05, 0) is 42.2 Å². The quantitative estimate of drug-likeness (QED) is 0.715. The third kappa shape index (κ3) is 6.52. The predicted molar refractivity (Wildman–Crippen MR) is 115 cm³/mol. The molecule has 1 saturated heterocycles. The van der Waals surface area contributed by atoms with Gasteiger partial charge in [-0.3, -0.25) is 4.79 Å². The van der Waals surface area contributed by atoms with E-state index in [-0.39, 0.29) is 30.7 Å². The van der Waals surface area contributed by atoms with Crippen LogP contribution in [0.5, 0.6) is 5.75 Å². The fourth-order valence-corrected chi connectivity index (χ4v) is 3.18. The Hall–Kier alpha value is -2.11. The number of carbonyl (C=O) groups is 1. The summed E-state index contributed by atoms with van der Waals surface area (Å²) >= 11 is 0. The van der Waals surface area contributed by atoms with E-state index in [0.717, 1.165) is 30.8 Å². The molecule has 0 saturated carbocycles. The largest absolute Gasteiger partial charge is 0.497 e. The summed E-state index contributed by atoms with van der Waals surface area (Å²) in [7, 11) is 1.68. The molecule has 7 heteroatoms. The molecular weight excluding hydrogens is 385 g/mol. The first-order valence-corrected chi connectivity index (χ1v) is 8.64. The summed E-state index contributed by atoms with van der Waals surface area (Å²) in [6, 6.07) is 15.6. The Morgan fingerprint density at radius 2 is 1.96 bits per heavy atom. The Morgan fingerprint density at radius 3 is 2.67 bits per heavy atom. The molecule has 1 unspecified atom stereocenters. The van der Waals surface area contributed by atoms with E-state index in [2.05, 4.69) is 22.3 Å². The van der Waals surface area contributed by atoms with Gasteiger partial charge in [0.1, 0.15) is 5.75 Å². The first-order valence-electron chi connectivity index (χ1n) is 8.64. The molecule has 3 rings (SSSR count). The van der Waals surface area contributed by atoms with Gasteiger partial charge in [0.25, 0.3) is 0 Å². The van der Waals surface area contributed by atoms with Crippen molar-refractivity contribution >= 4 is 42.1 Å². The maximum Gasteiger partial charge on any atom is 0.224 e. The maximum atomic E-state index is 12.1. The Bertz CT molecular complexity index is 725. The smallest absolute Gasteiger partial charge is 0.224 e. The molecule has 0 aromatic heterocycles. The van der Waals surface area contributed by atoms with Crippen molar-refractivity contribution in [3.8, 4) is 5.75 Å². The molecule has 27 heavy (non-hydrogen) atoms. The highest BCUT2D eigenvalue weighted by molar-refractivity contribution is 5.85. The van der Waals surface area contributed by atoms with Gasteiger partial charge in [0.2, 0.25) is 5.91 Å². The van der Waals surface area contributed by atoms with Gasteiger partial charge < -0.3 is 20.7 Å². The highest BCUT2D eigenvalue weighted by Gasteiger charge is 2.23. The van der Waals surface area contributed by atoms with Crippen molar-refractivity contribution in [3.05, 3.63) is 54.1 Å². The molecule has 2 aromatic rings. The minimum absolute atomic E-state index is 0. The number of anilines is 2. The molecule has 1 aliphatic heterocycles. The number of nitrogens with one attached hydrogen (secondary N) is 1. The molecule has 0 bridgehead atoms. The molecule has 1 fully saturated rings. The molecule has 1 amide bonds. The van der Waals surface area contributed by atoms with Gasteiger partial charge in [-0.1, -0.05) is 18.2 Å². The zero-order valence-corrected chi connectivity index (χ0v) is 17.0. The molecule has 0 spiro atoms. The summed E-state index contributed by atoms with van der Waals surface area (Å²) in [4.78, 5) is 14.5. The van der Waals surface area contributed by atoms with Gasteiger partial charge >= 0.3 is 0 Å². The van der Waals surface area contributed by atoms with Gasteiger partial charge in [-0.2, -0.15) is 0 Å². The third-order valence-electron chi connectivity index (χ3n) is 4.64. The standard InChI is InChI=1S/C20H25N3O2.2ClH/c1-25-19-4-2-3-18(12-19)23-10-9-16(14-23)13-22-20(24)11-15-5-7-17(21)8-6-15;;/h2-8,12,16H,9-11,13-14,21H2,1H3,(H,22,24);2*1H. The van der Waals surface area contributed by atoms with Gasteiger partial charge in [-0.25, -0.2) is 0 Å². The van der Waals surface area contributed by atoms with E-state index in [9.17, 15) is 4.79 Å². The van der Waals surface area contributed by atoms with Crippen LogP contribution in [-0.4, -0.2) is 32.7 Å². The van der Waals surface area contributed by atoms with E-state index in [4.69, 9.17) is 10.5 Å². The lowest BCUT2D eigenvalue weighted by Crippen LogP contribution is -2.32. The Kier molecular flexibility index (Phi) is 9.26. The second kappa shape index (κ2) is 10.9. The van der Waals surface area contributed by atoms with Crippen molar-refractivity contribution < 1.29 is 9.53 Å². The average molecular weight is 412 g/mol. The molecule has 0 aliphatic carbocycles. The summed E-state index contributed by atoms with van der Waals surface area (Å²) in [5.74, 6) is 1.41. The van der Waals surface area contributed by atoms with Crippen LogP contribution in [0.1, 0.15) is 12.0 Å². The van der Waals surface area contributed by atoms with Crippen LogP contribution in [-0.2, 0) is 11.2 Å². The molecule has 1 atom stereocenters. The van der Waals surface area contributed by atoms with Crippen molar-refractivity contribution in [1.29, 1.82) is 0 Å². The number of benzene rings is 2. The van der Waals surface area contributed by atoms with E-state index in [0.29, 0.717) is 24.6 Å². The highest BCUT2D eigenvalue weighted by Crippen LogP contribution is 2.26. The van der Waals surface area contributed by atoms with E-state index < -0.39 is 0 Å². The molecule has 5 nitrogen and oxygen atoms in total. The van der Waals surface area contributed by atoms with E-state index >= 15 is 0 Å². The topological polar surface area (TPSA) is 67.6 Å². The Morgan fingerprint density at radius 1 is 1.22 bits per heavy atom. The molecular formula is C20H27Cl2N3O2. The average Bonchev–Trinajstić information content (AvgIpc) is 3.11. The molecule has 0 radical (unpaired) electrons. The first-order chi connectivity index (χ1) is 12.1. The van der Waals surface area contributed by atoms with Gasteiger partial charge in [-0.15, -0.1) is 24.8 Å². The summed E-state index contributed by atoms with van der Waals surface area (Å²) < 4.78 is 5.29. The minimum atomic E-state index is 0. The number of halogens is 2. The number of amides is 1. The number of carbonyl (C=O) groups excluding carboxylic acids is 1. The molecule has 3 N–H and O–H groups in total. The molecule has 1 aliphatic rings. The van der Waals surface area contributed by atoms with E-state index in [1.807, 2.05) is 36.4 Å². The highest BCUT2D eigenvalue weighted by atomic mass is 35.5. The third-order valence-corrected chi connectivity index (χ3v) is 4.64. The minimum Gasteiger partial charge on any atom is -0.497 e. The second-order valence-electron chi connectivity index (χ2n) is 6.52. The lowest BCUT2D eigenvalue weighted by atomic mass is 10.1. The number of nitrogens with zero attached hydrogens (tertiary/aromatic N) is 1. The Balaban J connectivity index is 0.00000182. The van der Waals surface area contributed by atoms with Crippen LogP contribution in [0.4, 0.5) is 11.4 Å². The number of nitrogens with two attached hydrogens (primary N) is 1. The normalized spacial score (nSPS) is 15.4. The van der Waals surface area contributed by atoms with Crippen LogP contribution in [0.15, 0.2) is 48.5 Å². The second-order valence-corrected chi connectivity index (χ2v) is 6.52.